The molecule has 0 amide bonds. The van der Waals surface area contributed by atoms with E-state index in [0.29, 0.717) is 5.17 Å². The van der Waals surface area contributed by atoms with Gasteiger partial charge >= 0.3 is 0 Å². The number of aldehydes is 1. The van der Waals surface area contributed by atoms with Crippen LogP contribution in [-0.4, -0.2) is 29.3 Å². The molecule has 3 atom stereocenters. The number of hydrogen-bond donors (Lipinski definition) is 0. The minimum absolute atomic E-state index is 0.134. The lowest BCUT2D eigenvalue weighted by Gasteiger charge is -2.32. The lowest BCUT2D eigenvalue weighted by atomic mass is 9.83. The molecule has 1 aliphatic heterocycles. The Bertz CT molecular complexity index is 311. The van der Waals surface area contributed by atoms with E-state index in [-0.39, 0.29) is 18.0 Å². The molecule has 1 fully saturated rings. The van der Waals surface area contributed by atoms with Crippen molar-refractivity contribution in [1.82, 2.24) is 0 Å². The number of halogens is 1. The molecule has 1 heterocycles. The van der Waals surface area contributed by atoms with Gasteiger partial charge in [0.2, 0.25) is 0 Å². The number of carbonyl (C=O) groups is 1. The Kier molecular flexibility index (Phi) is 2.68. The minimum Gasteiger partial charge on any atom is -0.303 e. The number of fused-ring (bicyclic) bond motifs is 1. The quantitative estimate of drug-likeness (QED) is 0.612. The summed E-state index contributed by atoms with van der Waals surface area (Å²) < 4.78 is 0. The van der Waals surface area contributed by atoms with Gasteiger partial charge < -0.3 is 4.79 Å². The van der Waals surface area contributed by atoms with Crippen molar-refractivity contribution in [3.05, 3.63) is 0 Å². The largest absolute Gasteiger partial charge is 0.303 e. The van der Waals surface area contributed by atoms with E-state index in [9.17, 15) is 4.79 Å². The molecule has 1 aliphatic carbocycles. The van der Waals surface area contributed by atoms with E-state index >= 15 is 0 Å². The topological polar surface area (TPSA) is 41.8 Å². The van der Waals surface area contributed by atoms with Crippen LogP contribution in [0.2, 0.25) is 0 Å². The van der Waals surface area contributed by atoms with Crippen LogP contribution in [0.15, 0.2) is 9.98 Å². The summed E-state index contributed by atoms with van der Waals surface area (Å²) in [4.78, 5) is 19.5. The Labute approximate surface area is 88.3 Å². The summed E-state index contributed by atoms with van der Waals surface area (Å²) in [6.45, 7) is 1.88. The van der Waals surface area contributed by atoms with Crippen LogP contribution in [0.5, 0.6) is 0 Å². The van der Waals surface area contributed by atoms with Crippen LogP contribution in [0.3, 0.4) is 0 Å². The van der Waals surface area contributed by atoms with Gasteiger partial charge in [0.1, 0.15) is 11.5 Å². The monoisotopic (exact) mass is 212 g/mol. The normalized spacial score (nSPS) is 36.9. The van der Waals surface area contributed by atoms with Crippen molar-refractivity contribution in [2.24, 2.45) is 15.9 Å². The predicted molar refractivity (Wildman–Crippen MR) is 57.4 cm³/mol. The SMILES string of the molecule is CC1=NC2CCC(C=O)CC2N=C1Cl. The minimum atomic E-state index is 0.134. The number of hydrogen-bond acceptors (Lipinski definition) is 3. The molecule has 0 aromatic rings. The predicted octanol–water partition coefficient (Wildman–Crippen LogP) is 1.83. The zero-order chi connectivity index (χ0) is 10.1. The van der Waals surface area contributed by atoms with E-state index in [1.54, 1.807) is 0 Å². The highest BCUT2D eigenvalue weighted by atomic mass is 35.5. The van der Waals surface area contributed by atoms with E-state index in [4.69, 9.17) is 11.6 Å². The molecule has 76 valence electrons. The van der Waals surface area contributed by atoms with Gasteiger partial charge in [0.05, 0.1) is 17.8 Å². The van der Waals surface area contributed by atoms with Crippen molar-refractivity contribution < 1.29 is 4.79 Å². The summed E-state index contributed by atoms with van der Waals surface area (Å²) in [5.74, 6) is 0.151. The first-order valence-electron chi connectivity index (χ1n) is 4.94. The molecule has 0 bridgehead atoms. The van der Waals surface area contributed by atoms with Crippen molar-refractivity contribution in [2.75, 3.05) is 0 Å². The van der Waals surface area contributed by atoms with Gasteiger partial charge in [0.15, 0.2) is 0 Å². The summed E-state index contributed by atoms with van der Waals surface area (Å²) in [5, 5.41) is 0.512. The molecule has 2 rings (SSSR count). The van der Waals surface area contributed by atoms with Crippen molar-refractivity contribution in [3.63, 3.8) is 0 Å². The van der Waals surface area contributed by atoms with Gasteiger partial charge in [-0.25, -0.2) is 0 Å². The fourth-order valence-corrected chi connectivity index (χ4v) is 2.29. The molecule has 3 nitrogen and oxygen atoms in total. The van der Waals surface area contributed by atoms with Crippen LogP contribution in [-0.2, 0) is 4.79 Å². The van der Waals surface area contributed by atoms with Crippen LogP contribution in [0.25, 0.3) is 0 Å². The van der Waals surface area contributed by atoms with Gasteiger partial charge in [-0.2, -0.15) is 0 Å². The molecule has 1 saturated carbocycles. The van der Waals surface area contributed by atoms with Crippen LogP contribution in [0.1, 0.15) is 26.2 Å². The Morgan fingerprint density at radius 2 is 2.14 bits per heavy atom. The summed E-state index contributed by atoms with van der Waals surface area (Å²) in [5.41, 5.74) is 0.831. The van der Waals surface area contributed by atoms with Crippen LogP contribution >= 0.6 is 11.6 Å². The molecule has 0 radical (unpaired) electrons. The first-order valence-corrected chi connectivity index (χ1v) is 5.32. The van der Waals surface area contributed by atoms with E-state index in [1.165, 1.54) is 0 Å². The lowest BCUT2D eigenvalue weighted by molar-refractivity contribution is -0.112. The number of aliphatic imine (C=N–C) groups is 2. The average molecular weight is 213 g/mol. The highest BCUT2D eigenvalue weighted by Crippen LogP contribution is 2.30. The molecule has 2 aliphatic rings. The van der Waals surface area contributed by atoms with Gasteiger partial charge in [-0.1, -0.05) is 11.6 Å². The summed E-state index contributed by atoms with van der Waals surface area (Å²) in [6.07, 6.45) is 3.74. The first kappa shape index (κ1) is 9.84. The van der Waals surface area contributed by atoms with Crippen molar-refractivity contribution in [3.8, 4) is 0 Å². The van der Waals surface area contributed by atoms with Crippen molar-refractivity contribution >= 4 is 28.8 Å². The molecule has 14 heavy (non-hydrogen) atoms. The van der Waals surface area contributed by atoms with Crippen LogP contribution in [0, 0.1) is 5.92 Å². The molecule has 0 spiro atoms. The van der Waals surface area contributed by atoms with E-state index in [0.717, 1.165) is 31.3 Å². The third-order valence-electron chi connectivity index (χ3n) is 2.95. The molecule has 3 unspecified atom stereocenters. The number of carbonyl (C=O) groups excluding carboxylic acids is 1. The molecular weight excluding hydrogens is 200 g/mol. The zero-order valence-corrected chi connectivity index (χ0v) is 8.87. The Hall–Kier alpha value is -0.700. The van der Waals surface area contributed by atoms with Gasteiger partial charge in [-0.3, -0.25) is 9.98 Å². The van der Waals surface area contributed by atoms with Crippen molar-refractivity contribution in [2.45, 2.75) is 38.3 Å². The van der Waals surface area contributed by atoms with Gasteiger partial charge in [-0.15, -0.1) is 0 Å². The lowest BCUT2D eigenvalue weighted by Crippen LogP contribution is -2.36. The summed E-state index contributed by atoms with van der Waals surface area (Å²) in [7, 11) is 0. The van der Waals surface area contributed by atoms with Gasteiger partial charge in [-0.05, 0) is 26.2 Å². The maximum absolute atomic E-state index is 10.7. The maximum atomic E-state index is 10.7. The van der Waals surface area contributed by atoms with E-state index in [2.05, 4.69) is 9.98 Å². The highest BCUT2D eigenvalue weighted by Gasteiger charge is 2.32. The third-order valence-corrected chi connectivity index (χ3v) is 3.32. The van der Waals surface area contributed by atoms with Gasteiger partial charge in [0, 0.05) is 5.92 Å². The average Bonchev–Trinajstić information content (AvgIpc) is 2.19. The zero-order valence-electron chi connectivity index (χ0n) is 8.11. The molecule has 0 aromatic carbocycles. The van der Waals surface area contributed by atoms with E-state index < -0.39 is 0 Å². The Morgan fingerprint density at radius 1 is 1.36 bits per heavy atom. The number of rotatable bonds is 1. The second-order valence-electron chi connectivity index (χ2n) is 3.98. The Morgan fingerprint density at radius 3 is 2.86 bits per heavy atom. The summed E-state index contributed by atoms with van der Waals surface area (Å²) >= 11 is 5.91. The molecule has 0 saturated heterocycles. The first-order chi connectivity index (χ1) is 6.70. The highest BCUT2D eigenvalue weighted by molar-refractivity contribution is 6.83. The second kappa shape index (κ2) is 3.81. The standard InChI is InChI=1S/C10H13ClN2O/c1-6-10(11)13-9-4-7(5-14)2-3-8(9)12-6/h5,7-9H,2-4H2,1H3. The fraction of sp³-hybridized carbons (Fsp3) is 0.700. The fourth-order valence-electron chi connectivity index (χ4n) is 2.12. The van der Waals surface area contributed by atoms with Crippen LogP contribution in [0.4, 0.5) is 0 Å². The van der Waals surface area contributed by atoms with E-state index in [1.807, 2.05) is 6.92 Å². The number of nitrogens with zero attached hydrogens (tertiary/aromatic N) is 2. The molecule has 0 N–H and O–H groups in total. The van der Waals surface area contributed by atoms with Crippen molar-refractivity contribution in [1.29, 1.82) is 0 Å². The Balaban J connectivity index is 2.14. The molecule has 0 aromatic heterocycles. The van der Waals surface area contributed by atoms with Gasteiger partial charge in [0.25, 0.3) is 0 Å². The summed E-state index contributed by atoms with van der Waals surface area (Å²) in [6, 6.07) is 0.392. The maximum Gasteiger partial charge on any atom is 0.144 e. The molecule has 4 heteroatoms. The second-order valence-corrected chi connectivity index (χ2v) is 4.34. The van der Waals surface area contributed by atoms with Crippen LogP contribution < -0.4 is 0 Å². The molecular formula is C10H13ClN2O. The third kappa shape index (κ3) is 1.73. The smallest absolute Gasteiger partial charge is 0.144 e.